The molecular weight excluding hydrogens is 318 g/mol. The third-order valence-corrected chi connectivity index (χ3v) is 5.01. The number of amides is 2. The fraction of sp³-hybridized carbons (Fsp3) is 0.684. The monoisotopic (exact) mass is 347 g/mol. The van der Waals surface area contributed by atoms with Gasteiger partial charge in [0.2, 0.25) is 5.91 Å². The highest BCUT2D eigenvalue weighted by atomic mass is 16.6. The fourth-order valence-electron chi connectivity index (χ4n) is 3.78. The normalized spacial score (nSPS) is 22.3. The van der Waals surface area contributed by atoms with Gasteiger partial charge in [-0.3, -0.25) is 4.79 Å². The molecule has 0 radical (unpaired) electrons. The van der Waals surface area contributed by atoms with Crippen molar-refractivity contribution in [2.45, 2.75) is 58.1 Å². The second kappa shape index (κ2) is 7.10. The van der Waals surface area contributed by atoms with E-state index in [1.807, 2.05) is 37.9 Å². The summed E-state index contributed by atoms with van der Waals surface area (Å²) in [6.45, 7) is 7.62. The standard InChI is InChI=1S/C19H29N3O3/c1-19(2,3)25-18(24)21-12-8-14(9-13-21)17(23)22-11-5-7-16(22)15-6-4-10-20-15/h4,6,10,14,16,20H,5,7-9,11-13H2,1-3H3/t16-/m0/s1. The number of aromatic amines is 1. The van der Waals surface area contributed by atoms with Crippen LogP contribution in [0.25, 0.3) is 0 Å². The minimum Gasteiger partial charge on any atom is -0.444 e. The molecule has 3 rings (SSSR count). The van der Waals surface area contributed by atoms with E-state index in [9.17, 15) is 9.59 Å². The third kappa shape index (κ3) is 4.17. The first-order chi connectivity index (χ1) is 11.8. The van der Waals surface area contributed by atoms with Crippen molar-refractivity contribution < 1.29 is 14.3 Å². The Hall–Kier alpha value is -1.98. The molecule has 0 bridgehead atoms. The van der Waals surface area contributed by atoms with Crippen LogP contribution in [0, 0.1) is 5.92 Å². The van der Waals surface area contributed by atoms with Gasteiger partial charge in [0, 0.05) is 37.4 Å². The number of piperidine rings is 1. The SMILES string of the molecule is CC(C)(C)OC(=O)N1CCC(C(=O)N2CCC[C@H]2c2ccc[nH]2)CC1. The van der Waals surface area contributed by atoms with Crippen LogP contribution in [-0.2, 0) is 9.53 Å². The second-order valence-electron chi connectivity index (χ2n) is 8.06. The van der Waals surface area contributed by atoms with Crippen molar-refractivity contribution in [1.82, 2.24) is 14.8 Å². The first-order valence-electron chi connectivity index (χ1n) is 9.27. The van der Waals surface area contributed by atoms with Crippen molar-refractivity contribution in [3.63, 3.8) is 0 Å². The van der Waals surface area contributed by atoms with Crippen molar-refractivity contribution in [3.05, 3.63) is 24.0 Å². The molecule has 6 heteroatoms. The molecule has 2 aliphatic heterocycles. The molecule has 3 heterocycles. The Kier molecular flexibility index (Phi) is 5.06. The van der Waals surface area contributed by atoms with E-state index < -0.39 is 5.60 Å². The summed E-state index contributed by atoms with van der Waals surface area (Å²) in [5.41, 5.74) is 0.639. The predicted molar refractivity (Wildman–Crippen MR) is 95.0 cm³/mol. The van der Waals surface area contributed by atoms with Crippen LogP contribution in [0.3, 0.4) is 0 Å². The third-order valence-electron chi connectivity index (χ3n) is 5.01. The summed E-state index contributed by atoms with van der Waals surface area (Å²) in [5.74, 6) is 0.246. The Balaban J connectivity index is 1.56. The molecule has 0 spiro atoms. The molecule has 0 saturated carbocycles. The van der Waals surface area contributed by atoms with E-state index in [4.69, 9.17) is 4.74 Å². The zero-order valence-electron chi connectivity index (χ0n) is 15.5. The zero-order chi connectivity index (χ0) is 18.0. The molecule has 138 valence electrons. The van der Waals surface area contributed by atoms with Crippen LogP contribution in [0.15, 0.2) is 18.3 Å². The molecule has 2 saturated heterocycles. The van der Waals surface area contributed by atoms with E-state index in [0.717, 1.165) is 25.1 Å². The summed E-state index contributed by atoms with van der Waals surface area (Å²) in [6, 6.07) is 4.21. The number of carbonyl (C=O) groups is 2. The summed E-state index contributed by atoms with van der Waals surface area (Å²) < 4.78 is 5.43. The summed E-state index contributed by atoms with van der Waals surface area (Å²) in [5, 5.41) is 0. The van der Waals surface area contributed by atoms with Gasteiger partial charge >= 0.3 is 6.09 Å². The molecule has 2 aliphatic rings. The maximum atomic E-state index is 13.0. The van der Waals surface area contributed by atoms with Gasteiger partial charge < -0.3 is 19.5 Å². The average molecular weight is 347 g/mol. The van der Waals surface area contributed by atoms with Gasteiger partial charge in [-0.15, -0.1) is 0 Å². The van der Waals surface area contributed by atoms with Gasteiger partial charge in [-0.05, 0) is 58.6 Å². The van der Waals surface area contributed by atoms with Gasteiger partial charge in [-0.1, -0.05) is 0 Å². The van der Waals surface area contributed by atoms with Gasteiger partial charge in [-0.25, -0.2) is 4.79 Å². The van der Waals surface area contributed by atoms with E-state index in [0.29, 0.717) is 25.9 Å². The van der Waals surface area contributed by atoms with Crippen molar-refractivity contribution in [1.29, 1.82) is 0 Å². The lowest BCUT2D eigenvalue weighted by atomic mass is 9.95. The molecule has 0 unspecified atom stereocenters. The first-order valence-corrected chi connectivity index (χ1v) is 9.27. The topological polar surface area (TPSA) is 65.6 Å². The van der Waals surface area contributed by atoms with Gasteiger partial charge in [0.15, 0.2) is 0 Å². The van der Waals surface area contributed by atoms with Gasteiger partial charge in [0.1, 0.15) is 5.60 Å². The predicted octanol–water partition coefficient (Wildman–Crippen LogP) is 3.33. The number of hydrogen-bond acceptors (Lipinski definition) is 3. The molecule has 25 heavy (non-hydrogen) atoms. The van der Waals surface area contributed by atoms with Crippen molar-refractivity contribution in [2.24, 2.45) is 5.92 Å². The molecule has 1 atom stereocenters. The molecule has 1 N–H and O–H groups in total. The Bertz CT molecular complexity index is 598. The highest BCUT2D eigenvalue weighted by molar-refractivity contribution is 5.80. The van der Waals surface area contributed by atoms with Crippen molar-refractivity contribution in [2.75, 3.05) is 19.6 Å². The Morgan fingerprint density at radius 2 is 1.88 bits per heavy atom. The lowest BCUT2D eigenvalue weighted by Gasteiger charge is -2.35. The van der Waals surface area contributed by atoms with E-state index in [-0.39, 0.29) is 24.0 Å². The van der Waals surface area contributed by atoms with E-state index >= 15 is 0 Å². The molecule has 1 aromatic heterocycles. The van der Waals surface area contributed by atoms with Crippen LogP contribution in [-0.4, -0.2) is 52.0 Å². The number of H-pyrrole nitrogens is 1. The Morgan fingerprint density at radius 3 is 2.48 bits per heavy atom. The highest BCUT2D eigenvalue weighted by Gasteiger charge is 2.37. The highest BCUT2D eigenvalue weighted by Crippen LogP contribution is 2.34. The number of rotatable bonds is 2. The smallest absolute Gasteiger partial charge is 0.410 e. The number of likely N-dealkylation sites (tertiary alicyclic amines) is 2. The molecule has 0 aromatic carbocycles. The average Bonchev–Trinajstić information content (AvgIpc) is 3.23. The molecular formula is C19H29N3O3. The van der Waals surface area contributed by atoms with Crippen LogP contribution in [0.4, 0.5) is 4.79 Å². The molecule has 1 aromatic rings. The Labute approximate surface area is 149 Å². The molecule has 2 amide bonds. The summed E-state index contributed by atoms with van der Waals surface area (Å²) >= 11 is 0. The lowest BCUT2D eigenvalue weighted by Crippen LogP contribution is -2.45. The zero-order valence-corrected chi connectivity index (χ0v) is 15.5. The number of nitrogens with one attached hydrogen (secondary N) is 1. The van der Waals surface area contributed by atoms with Crippen molar-refractivity contribution in [3.8, 4) is 0 Å². The van der Waals surface area contributed by atoms with Gasteiger partial charge in [0.25, 0.3) is 0 Å². The number of hydrogen-bond donors (Lipinski definition) is 1. The van der Waals surface area contributed by atoms with E-state index in [2.05, 4.69) is 11.1 Å². The fourth-order valence-corrected chi connectivity index (χ4v) is 3.78. The second-order valence-corrected chi connectivity index (χ2v) is 8.06. The molecule has 6 nitrogen and oxygen atoms in total. The van der Waals surface area contributed by atoms with E-state index in [1.54, 1.807) is 4.90 Å². The summed E-state index contributed by atoms with van der Waals surface area (Å²) in [4.78, 5) is 32.1. The number of aromatic nitrogens is 1. The number of ether oxygens (including phenoxy) is 1. The number of carbonyl (C=O) groups excluding carboxylic acids is 2. The largest absolute Gasteiger partial charge is 0.444 e. The summed E-state index contributed by atoms with van der Waals surface area (Å²) in [6.07, 6.45) is 5.13. The van der Waals surface area contributed by atoms with Crippen LogP contribution in [0.5, 0.6) is 0 Å². The summed E-state index contributed by atoms with van der Waals surface area (Å²) in [7, 11) is 0. The van der Waals surface area contributed by atoms with Crippen LogP contribution in [0.1, 0.15) is 58.2 Å². The van der Waals surface area contributed by atoms with E-state index in [1.165, 1.54) is 0 Å². The maximum absolute atomic E-state index is 13.0. The lowest BCUT2D eigenvalue weighted by molar-refractivity contribution is -0.138. The Morgan fingerprint density at radius 1 is 1.16 bits per heavy atom. The van der Waals surface area contributed by atoms with Crippen molar-refractivity contribution >= 4 is 12.0 Å². The van der Waals surface area contributed by atoms with Crippen LogP contribution in [0.2, 0.25) is 0 Å². The van der Waals surface area contributed by atoms with Gasteiger partial charge in [-0.2, -0.15) is 0 Å². The molecule has 2 fully saturated rings. The van der Waals surface area contributed by atoms with Crippen LogP contribution >= 0.6 is 0 Å². The maximum Gasteiger partial charge on any atom is 0.410 e. The minimum atomic E-state index is -0.484. The van der Waals surface area contributed by atoms with Crippen LogP contribution < -0.4 is 0 Å². The molecule has 0 aliphatic carbocycles. The quantitative estimate of drug-likeness (QED) is 0.892. The number of nitrogens with zero attached hydrogens (tertiary/aromatic N) is 2. The first kappa shape index (κ1) is 17.8. The minimum absolute atomic E-state index is 0.00856. The van der Waals surface area contributed by atoms with Gasteiger partial charge in [0.05, 0.1) is 6.04 Å².